The zero-order valence-electron chi connectivity index (χ0n) is 14.4. The fraction of sp³-hybridized carbons (Fsp3) is 0.842. The van der Waals surface area contributed by atoms with Crippen LogP contribution < -0.4 is 0 Å². The van der Waals surface area contributed by atoms with Gasteiger partial charge in [0.1, 0.15) is 6.10 Å². The summed E-state index contributed by atoms with van der Waals surface area (Å²) in [4.78, 5) is 15.0. The van der Waals surface area contributed by atoms with Crippen LogP contribution in [0.1, 0.15) is 26.2 Å². The Morgan fingerprint density at radius 3 is 2.92 bits per heavy atom. The number of ether oxygens (including phenoxy) is 3. The number of allylic oxidation sites excluding steroid dienone is 1. The fourth-order valence-electron chi connectivity index (χ4n) is 5.83. The molecule has 0 aromatic carbocycles. The first-order valence-corrected chi connectivity index (χ1v) is 9.44. The second-order valence-electron chi connectivity index (χ2n) is 8.44. The third-order valence-corrected chi connectivity index (χ3v) is 7.27. The number of hydrogen-bond acceptors (Lipinski definition) is 5. The number of morpholine rings is 1. The highest BCUT2D eigenvalue weighted by molar-refractivity contribution is 5.75. The molecule has 0 bridgehead atoms. The molecule has 5 nitrogen and oxygen atoms in total. The molecule has 132 valence electrons. The number of rotatable bonds is 2. The lowest BCUT2D eigenvalue weighted by Gasteiger charge is -2.32. The van der Waals surface area contributed by atoms with E-state index < -0.39 is 0 Å². The van der Waals surface area contributed by atoms with E-state index in [1.54, 1.807) is 0 Å². The van der Waals surface area contributed by atoms with Gasteiger partial charge in [-0.25, -0.2) is 0 Å². The van der Waals surface area contributed by atoms with Crippen LogP contribution in [0.2, 0.25) is 0 Å². The molecular weight excluding hydrogens is 306 g/mol. The number of nitrogens with zero attached hydrogens (tertiary/aromatic N) is 1. The quantitative estimate of drug-likeness (QED) is 0.437. The highest BCUT2D eigenvalue weighted by Gasteiger charge is 2.71. The Hall–Kier alpha value is -0.910. The van der Waals surface area contributed by atoms with Crippen molar-refractivity contribution in [3.8, 4) is 0 Å². The summed E-state index contributed by atoms with van der Waals surface area (Å²) in [5.74, 6) is 1.10. The van der Waals surface area contributed by atoms with Crippen molar-refractivity contribution in [2.75, 3.05) is 32.8 Å². The molecule has 0 aromatic rings. The average molecular weight is 333 g/mol. The van der Waals surface area contributed by atoms with Crippen LogP contribution in [0, 0.1) is 23.7 Å². The number of hydrogen-bond donors (Lipinski definition) is 0. The molecule has 1 unspecified atom stereocenters. The summed E-state index contributed by atoms with van der Waals surface area (Å²) in [6, 6.07) is 0. The van der Waals surface area contributed by atoms with Gasteiger partial charge in [0.05, 0.1) is 30.8 Å². The van der Waals surface area contributed by atoms with Crippen molar-refractivity contribution in [2.45, 2.75) is 44.0 Å². The largest absolute Gasteiger partial charge is 0.461 e. The Balaban J connectivity index is 1.40. The van der Waals surface area contributed by atoms with Crippen molar-refractivity contribution in [3.63, 3.8) is 0 Å². The van der Waals surface area contributed by atoms with Crippen LogP contribution >= 0.6 is 0 Å². The smallest absolute Gasteiger partial charge is 0.310 e. The predicted molar refractivity (Wildman–Crippen MR) is 87.4 cm³/mol. The van der Waals surface area contributed by atoms with E-state index in [9.17, 15) is 4.79 Å². The van der Waals surface area contributed by atoms with E-state index in [4.69, 9.17) is 14.2 Å². The van der Waals surface area contributed by atoms with Crippen LogP contribution in [0.4, 0.5) is 0 Å². The average Bonchev–Trinajstić information content (AvgIpc) is 3.05. The maximum Gasteiger partial charge on any atom is 0.310 e. The van der Waals surface area contributed by atoms with Crippen molar-refractivity contribution < 1.29 is 19.0 Å². The second kappa shape index (κ2) is 5.29. The van der Waals surface area contributed by atoms with Gasteiger partial charge in [-0.3, -0.25) is 9.69 Å². The van der Waals surface area contributed by atoms with Crippen LogP contribution in [0.5, 0.6) is 0 Å². The van der Waals surface area contributed by atoms with Crippen molar-refractivity contribution >= 4 is 5.97 Å². The zero-order valence-corrected chi connectivity index (χ0v) is 14.4. The van der Waals surface area contributed by atoms with Crippen molar-refractivity contribution in [1.29, 1.82) is 0 Å². The summed E-state index contributed by atoms with van der Waals surface area (Å²) >= 11 is 0. The maximum absolute atomic E-state index is 12.7. The van der Waals surface area contributed by atoms with Crippen LogP contribution in [0.25, 0.3) is 0 Å². The van der Waals surface area contributed by atoms with Gasteiger partial charge in [-0.1, -0.05) is 12.2 Å². The Morgan fingerprint density at radius 2 is 2.12 bits per heavy atom. The molecule has 3 saturated heterocycles. The van der Waals surface area contributed by atoms with Gasteiger partial charge in [0.2, 0.25) is 0 Å². The molecule has 2 aliphatic carbocycles. The standard InChI is InChI=1S/C19H27NO4/c1-11-3-4-12-14(10-20-5-7-22-8-6-20)18(21)23-17(12)16-13(11)9-15-19(16,2)24-15/h12-17H,1,3-10H2,2H3/t12-,13-,14?,15+,16-,17-,19+/m0/s1. The predicted octanol–water partition coefficient (Wildman–Crippen LogP) is 1.62. The van der Waals surface area contributed by atoms with E-state index in [2.05, 4.69) is 18.4 Å². The lowest BCUT2D eigenvalue weighted by atomic mass is 9.77. The van der Waals surface area contributed by atoms with Crippen LogP contribution in [0.3, 0.4) is 0 Å². The summed E-state index contributed by atoms with van der Waals surface area (Å²) in [6.45, 7) is 10.8. The molecular formula is C19H27NO4. The van der Waals surface area contributed by atoms with Crippen LogP contribution in [-0.4, -0.2) is 61.5 Å². The van der Waals surface area contributed by atoms with Gasteiger partial charge < -0.3 is 14.2 Å². The zero-order chi connectivity index (χ0) is 16.5. The van der Waals surface area contributed by atoms with E-state index in [-0.39, 0.29) is 23.6 Å². The number of epoxide rings is 1. The fourth-order valence-corrected chi connectivity index (χ4v) is 5.83. The van der Waals surface area contributed by atoms with Crippen molar-refractivity contribution in [3.05, 3.63) is 12.2 Å². The topological polar surface area (TPSA) is 51.3 Å². The lowest BCUT2D eigenvalue weighted by Crippen LogP contribution is -2.43. The number of carbonyl (C=O) groups excluding carboxylic acids is 1. The lowest BCUT2D eigenvalue weighted by molar-refractivity contribution is -0.148. The molecule has 2 saturated carbocycles. The van der Waals surface area contributed by atoms with Gasteiger partial charge in [-0.05, 0) is 32.1 Å². The third-order valence-electron chi connectivity index (χ3n) is 7.27. The first kappa shape index (κ1) is 15.4. The Morgan fingerprint density at radius 1 is 1.33 bits per heavy atom. The monoisotopic (exact) mass is 333 g/mol. The Bertz CT molecular complexity index is 572. The maximum atomic E-state index is 12.7. The van der Waals surface area contributed by atoms with Gasteiger partial charge in [0.15, 0.2) is 0 Å². The Labute approximate surface area is 143 Å². The minimum absolute atomic E-state index is 0.000972. The summed E-state index contributed by atoms with van der Waals surface area (Å²) in [7, 11) is 0. The van der Waals surface area contributed by atoms with E-state index >= 15 is 0 Å². The van der Waals surface area contributed by atoms with E-state index in [0.717, 1.165) is 52.1 Å². The van der Waals surface area contributed by atoms with Crippen molar-refractivity contribution in [2.24, 2.45) is 23.7 Å². The molecule has 3 aliphatic heterocycles. The highest BCUT2D eigenvalue weighted by atomic mass is 16.6. The van der Waals surface area contributed by atoms with Gasteiger partial charge in [-0.15, -0.1) is 0 Å². The Kier molecular flexibility index (Phi) is 3.39. The highest BCUT2D eigenvalue weighted by Crippen LogP contribution is 2.63. The molecule has 0 aromatic heterocycles. The van der Waals surface area contributed by atoms with Gasteiger partial charge >= 0.3 is 5.97 Å². The summed E-state index contributed by atoms with van der Waals surface area (Å²) in [5, 5.41) is 0. The normalized spacial score (nSPS) is 50.7. The molecule has 5 heteroatoms. The number of esters is 1. The van der Waals surface area contributed by atoms with Gasteiger partial charge in [0, 0.05) is 31.5 Å². The van der Waals surface area contributed by atoms with Crippen LogP contribution in [0.15, 0.2) is 12.2 Å². The van der Waals surface area contributed by atoms with E-state index in [1.165, 1.54) is 5.57 Å². The second-order valence-corrected chi connectivity index (χ2v) is 8.44. The van der Waals surface area contributed by atoms with E-state index in [1.807, 2.05) is 0 Å². The van der Waals surface area contributed by atoms with Crippen LogP contribution in [-0.2, 0) is 19.0 Å². The van der Waals surface area contributed by atoms with Gasteiger partial charge in [0.25, 0.3) is 0 Å². The molecule has 0 radical (unpaired) electrons. The molecule has 0 spiro atoms. The molecule has 3 heterocycles. The summed E-state index contributed by atoms with van der Waals surface area (Å²) in [5.41, 5.74) is 1.27. The molecule has 5 fully saturated rings. The molecule has 24 heavy (non-hydrogen) atoms. The molecule has 7 atom stereocenters. The first-order chi connectivity index (χ1) is 11.6. The molecule has 5 rings (SSSR count). The third kappa shape index (κ3) is 2.14. The first-order valence-electron chi connectivity index (χ1n) is 9.44. The number of carbonyl (C=O) groups is 1. The van der Waals surface area contributed by atoms with Gasteiger partial charge in [-0.2, -0.15) is 0 Å². The van der Waals surface area contributed by atoms with Crippen molar-refractivity contribution in [1.82, 2.24) is 4.90 Å². The molecule has 5 aliphatic rings. The summed E-state index contributed by atoms with van der Waals surface area (Å²) < 4.78 is 17.4. The minimum atomic E-state index is -0.0883. The van der Waals surface area contributed by atoms with E-state index in [0.29, 0.717) is 23.9 Å². The minimum Gasteiger partial charge on any atom is -0.461 e. The number of fused-ring (bicyclic) bond motifs is 5. The molecule has 0 N–H and O–H groups in total. The summed E-state index contributed by atoms with van der Waals surface area (Å²) in [6.07, 6.45) is 3.49. The molecule has 0 amide bonds. The SMILES string of the molecule is C=C1CC[C@H]2C(CN3CCOCC3)C(=O)O[C@@H]2[C@@H]2[C@H]1C[C@H]1O[C@@]21C.